The Morgan fingerprint density at radius 3 is 2.75 bits per heavy atom. The molecule has 1 rings (SSSR count). The van der Waals surface area contributed by atoms with E-state index in [2.05, 4.69) is 0 Å². The van der Waals surface area contributed by atoms with Crippen molar-refractivity contribution in [3.8, 4) is 0 Å². The van der Waals surface area contributed by atoms with E-state index in [-0.39, 0.29) is 5.69 Å². The van der Waals surface area contributed by atoms with Gasteiger partial charge in [0.15, 0.2) is 0 Å². The molecule has 12 heavy (non-hydrogen) atoms. The molecule has 0 radical (unpaired) electrons. The first kappa shape index (κ1) is 8.86. The molecule has 1 aromatic carbocycles. The lowest BCUT2D eigenvalue weighted by Gasteiger charge is -1.99. The summed E-state index contributed by atoms with van der Waals surface area (Å²) in [6.07, 6.45) is 1.79. The van der Waals surface area contributed by atoms with Crippen LogP contribution in [0.1, 0.15) is 0 Å². The summed E-state index contributed by atoms with van der Waals surface area (Å²) >= 11 is 1.34. The third-order valence-electron chi connectivity index (χ3n) is 1.40. The van der Waals surface area contributed by atoms with Crippen molar-refractivity contribution in [2.24, 2.45) is 0 Å². The Labute approximate surface area is 73.9 Å². The molecule has 2 N–H and O–H groups in total. The fourth-order valence-electron chi connectivity index (χ4n) is 0.850. The predicted octanol–water partition coefficient (Wildman–Crippen LogP) is 1.90. The van der Waals surface area contributed by atoms with Gasteiger partial charge in [-0.25, -0.2) is 0 Å². The van der Waals surface area contributed by atoms with E-state index in [9.17, 15) is 10.1 Å². The SMILES string of the molecule is CSc1ccc(N)cc1[N+](=O)[O-]. The predicted molar refractivity (Wildman–Crippen MR) is 49.3 cm³/mol. The van der Waals surface area contributed by atoms with E-state index >= 15 is 0 Å². The van der Waals surface area contributed by atoms with E-state index in [1.807, 2.05) is 0 Å². The standard InChI is InChI=1S/C7H8N2O2S/c1-12-7-3-2-5(8)4-6(7)9(10)11/h2-4H,8H2,1H3. The Morgan fingerprint density at radius 2 is 2.25 bits per heavy atom. The highest BCUT2D eigenvalue weighted by Gasteiger charge is 2.12. The molecule has 0 atom stereocenters. The summed E-state index contributed by atoms with van der Waals surface area (Å²) in [6.45, 7) is 0. The molecular weight excluding hydrogens is 176 g/mol. The minimum Gasteiger partial charge on any atom is -0.399 e. The lowest BCUT2D eigenvalue weighted by Crippen LogP contribution is -1.93. The van der Waals surface area contributed by atoms with Crippen LogP contribution in [0.15, 0.2) is 23.1 Å². The number of nitrogens with two attached hydrogens (primary N) is 1. The Kier molecular flexibility index (Phi) is 2.54. The molecule has 0 aliphatic rings. The molecule has 0 amide bonds. The summed E-state index contributed by atoms with van der Waals surface area (Å²) in [5.41, 5.74) is 5.89. The van der Waals surface area contributed by atoms with Gasteiger partial charge in [-0.3, -0.25) is 10.1 Å². The minimum atomic E-state index is -0.428. The van der Waals surface area contributed by atoms with Crippen molar-refractivity contribution in [1.29, 1.82) is 0 Å². The first-order chi connectivity index (χ1) is 5.65. The maximum absolute atomic E-state index is 10.5. The fraction of sp³-hybridized carbons (Fsp3) is 0.143. The second kappa shape index (κ2) is 3.44. The van der Waals surface area contributed by atoms with Gasteiger partial charge in [-0.05, 0) is 18.4 Å². The summed E-state index contributed by atoms with van der Waals surface area (Å²) in [5.74, 6) is 0. The van der Waals surface area contributed by atoms with Crippen LogP contribution in [0, 0.1) is 10.1 Å². The van der Waals surface area contributed by atoms with Crippen molar-refractivity contribution in [3.05, 3.63) is 28.3 Å². The van der Waals surface area contributed by atoms with Gasteiger partial charge in [0.25, 0.3) is 5.69 Å². The van der Waals surface area contributed by atoms with Crippen LogP contribution < -0.4 is 5.73 Å². The molecule has 0 spiro atoms. The lowest BCUT2D eigenvalue weighted by atomic mass is 10.3. The Balaban J connectivity index is 3.21. The number of nitro benzene ring substituents is 1. The molecule has 0 saturated heterocycles. The summed E-state index contributed by atoms with van der Waals surface area (Å²) in [4.78, 5) is 10.7. The Bertz CT molecular complexity index is 314. The topological polar surface area (TPSA) is 69.2 Å². The smallest absolute Gasteiger partial charge is 0.284 e. The van der Waals surface area contributed by atoms with Gasteiger partial charge in [-0.15, -0.1) is 11.8 Å². The van der Waals surface area contributed by atoms with E-state index in [1.165, 1.54) is 17.8 Å². The van der Waals surface area contributed by atoms with Gasteiger partial charge in [0, 0.05) is 11.8 Å². The monoisotopic (exact) mass is 184 g/mol. The summed E-state index contributed by atoms with van der Waals surface area (Å²) in [7, 11) is 0. The minimum absolute atomic E-state index is 0.0718. The van der Waals surface area contributed by atoms with E-state index < -0.39 is 4.92 Å². The number of anilines is 1. The van der Waals surface area contributed by atoms with Gasteiger partial charge < -0.3 is 5.73 Å². The van der Waals surface area contributed by atoms with Gasteiger partial charge in [-0.1, -0.05) is 0 Å². The van der Waals surface area contributed by atoms with Crippen LogP contribution in [0.3, 0.4) is 0 Å². The molecule has 64 valence electrons. The normalized spacial score (nSPS) is 9.75. The van der Waals surface area contributed by atoms with Crippen molar-refractivity contribution in [2.45, 2.75) is 4.90 Å². The van der Waals surface area contributed by atoms with Gasteiger partial charge in [-0.2, -0.15) is 0 Å². The quantitative estimate of drug-likeness (QED) is 0.330. The maximum Gasteiger partial charge on any atom is 0.284 e. The number of nitrogen functional groups attached to an aromatic ring is 1. The maximum atomic E-state index is 10.5. The van der Waals surface area contributed by atoms with Gasteiger partial charge in [0.1, 0.15) is 0 Å². The first-order valence-corrected chi connectivity index (χ1v) is 4.45. The number of hydrogen-bond acceptors (Lipinski definition) is 4. The number of nitro groups is 1. The number of thioether (sulfide) groups is 1. The number of hydrogen-bond donors (Lipinski definition) is 1. The molecule has 0 heterocycles. The molecule has 0 saturated carbocycles. The highest BCUT2D eigenvalue weighted by atomic mass is 32.2. The van der Waals surface area contributed by atoms with Crippen LogP contribution in [0.4, 0.5) is 11.4 Å². The number of nitrogens with zero attached hydrogens (tertiary/aromatic N) is 1. The van der Waals surface area contributed by atoms with Crippen molar-refractivity contribution < 1.29 is 4.92 Å². The van der Waals surface area contributed by atoms with Crippen LogP contribution in [-0.4, -0.2) is 11.2 Å². The van der Waals surface area contributed by atoms with Gasteiger partial charge in [0.05, 0.1) is 9.82 Å². The molecule has 0 unspecified atom stereocenters. The molecule has 4 nitrogen and oxygen atoms in total. The largest absolute Gasteiger partial charge is 0.399 e. The summed E-state index contributed by atoms with van der Waals surface area (Å²) in [6, 6.07) is 4.67. The molecule has 0 aliphatic heterocycles. The molecule has 1 aromatic rings. The molecule has 5 heteroatoms. The summed E-state index contributed by atoms with van der Waals surface area (Å²) in [5, 5.41) is 10.5. The van der Waals surface area contributed by atoms with Crippen molar-refractivity contribution in [2.75, 3.05) is 12.0 Å². The number of benzene rings is 1. The molecule has 0 aliphatic carbocycles. The Morgan fingerprint density at radius 1 is 1.58 bits per heavy atom. The zero-order valence-corrected chi connectivity index (χ0v) is 7.30. The van der Waals surface area contributed by atoms with E-state index in [1.54, 1.807) is 18.4 Å². The average molecular weight is 184 g/mol. The zero-order valence-electron chi connectivity index (χ0n) is 6.48. The lowest BCUT2D eigenvalue weighted by molar-refractivity contribution is -0.387. The average Bonchev–Trinajstić information content (AvgIpc) is 2.04. The number of rotatable bonds is 2. The van der Waals surface area contributed by atoms with Gasteiger partial charge >= 0.3 is 0 Å². The zero-order chi connectivity index (χ0) is 9.14. The van der Waals surface area contributed by atoms with Crippen LogP contribution in [0.2, 0.25) is 0 Å². The second-order valence-electron chi connectivity index (χ2n) is 2.19. The van der Waals surface area contributed by atoms with E-state index in [4.69, 9.17) is 5.73 Å². The highest BCUT2D eigenvalue weighted by Crippen LogP contribution is 2.28. The third kappa shape index (κ3) is 1.68. The molecular formula is C7H8N2O2S. The van der Waals surface area contributed by atoms with Crippen molar-refractivity contribution in [3.63, 3.8) is 0 Å². The van der Waals surface area contributed by atoms with E-state index in [0.29, 0.717) is 10.6 Å². The Hall–Kier alpha value is -1.23. The highest BCUT2D eigenvalue weighted by molar-refractivity contribution is 7.98. The summed E-state index contributed by atoms with van der Waals surface area (Å²) < 4.78 is 0. The van der Waals surface area contributed by atoms with Crippen LogP contribution in [0.5, 0.6) is 0 Å². The fourth-order valence-corrected chi connectivity index (χ4v) is 1.40. The van der Waals surface area contributed by atoms with Crippen molar-refractivity contribution >= 4 is 23.1 Å². The first-order valence-electron chi connectivity index (χ1n) is 3.23. The van der Waals surface area contributed by atoms with Gasteiger partial charge in [0.2, 0.25) is 0 Å². The second-order valence-corrected chi connectivity index (χ2v) is 3.04. The van der Waals surface area contributed by atoms with Crippen LogP contribution >= 0.6 is 11.8 Å². The van der Waals surface area contributed by atoms with Crippen LogP contribution in [-0.2, 0) is 0 Å². The van der Waals surface area contributed by atoms with Crippen molar-refractivity contribution in [1.82, 2.24) is 0 Å². The third-order valence-corrected chi connectivity index (χ3v) is 2.18. The van der Waals surface area contributed by atoms with Crippen LogP contribution in [0.25, 0.3) is 0 Å². The molecule has 0 aromatic heterocycles. The molecule has 0 fully saturated rings. The van der Waals surface area contributed by atoms with E-state index in [0.717, 1.165) is 0 Å². The molecule has 0 bridgehead atoms.